The second-order valence-corrected chi connectivity index (χ2v) is 3.08. The summed E-state index contributed by atoms with van der Waals surface area (Å²) in [7, 11) is 0. The average Bonchev–Trinajstić information content (AvgIpc) is 2.31. The Hall–Kier alpha value is -1.03. The van der Waals surface area contributed by atoms with E-state index in [-0.39, 0.29) is 37.7 Å². The zero-order chi connectivity index (χ0) is 11.2. The van der Waals surface area contributed by atoms with Crippen molar-refractivity contribution in [3.63, 3.8) is 0 Å². The van der Waals surface area contributed by atoms with Gasteiger partial charge in [0.2, 0.25) is 0 Å². The van der Waals surface area contributed by atoms with Gasteiger partial charge in [-0.2, -0.15) is 0 Å². The molecule has 84 valence electrons. The molecule has 2 aromatic carbocycles. The number of carbonyl (C=O) groups is 1. The van der Waals surface area contributed by atoms with Crippen molar-refractivity contribution in [2.24, 2.45) is 0 Å². The van der Waals surface area contributed by atoms with Gasteiger partial charge in [-0.05, 0) is 24.3 Å². The van der Waals surface area contributed by atoms with Gasteiger partial charge in [0.25, 0.3) is 0 Å². The molecule has 0 atom stereocenters. The second kappa shape index (κ2) is 7.33. The molecular formula is C13H12CaO3. The number of benzene rings is 2. The Labute approximate surface area is 129 Å². The first kappa shape index (κ1) is 14.0. The van der Waals surface area contributed by atoms with Crippen molar-refractivity contribution in [1.82, 2.24) is 0 Å². The van der Waals surface area contributed by atoms with Gasteiger partial charge >= 0.3 is 43.9 Å². The van der Waals surface area contributed by atoms with Crippen LogP contribution in [0.15, 0.2) is 60.7 Å². The van der Waals surface area contributed by atoms with Gasteiger partial charge in [-0.1, -0.05) is 36.4 Å². The first-order valence-corrected chi connectivity index (χ1v) is 4.84. The van der Waals surface area contributed by atoms with E-state index in [0.717, 1.165) is 0 Å². The van der Waals surface area contributed by atoms with Gasteiger partial charge in [-0.15, -0.1) is 0 Å². The molecule has 0 saturated carbocycles. The Kier molecular flexibility index (Phi) is 6.05. The monoisotopic (exact) mass is 256 g/mol. The quantitative estimate of drug-likeness (QED) is 0.470. The Balaban J connectivity index is 0.00000144. The van der Waals surface area contributed by atoms with Crippen LogP contribution in [-0.2, 0) is 0 Å². The van der Waals surface area contributed by atoms with Crippen molar-refractivity contribution in [2.45, 2.75) is 0 Å². The molecule has 0 aliphatic rings. The summed E-state index contributed by atoms with van der Waals surface area (Å²) in [5, 5.41) is 0. The van der Waals surface area contributed by atoms with Gasteiger partial charge in [0.05, 0.1) is 0 Å². The zero-order valence-electron chi connectivity index (χ0n) is 8.50. The molecule has 0 amide bonds. The third-order valence-corrected chi connectivity index (χ3v) is 1.89. The maximum absolute atomic E-state index is 11.3. The number of ether oxygens (including phenoxy) is 2. The Morgan fingerprint density at radius 2 is 1.06 bits per heavy atom. The molecule has 0 aromatic heterocycles. The Morgan fingerprint density at radius 1 is 0.706 bits per heavy atom. The van der Waals surface area contributed by atoms with Crippen molar-refractivity contribution < 1.29 is 14.3 Å². The van der Waals surface area contributed by atoms with E-state index in [1.54, 1.807) is 48.5 Å². The molecule has 2 aromatic rings. The second-order valence-electron chi connectivity index (χ2n) is 3.08. The van der Waals surface area contributed by atoms with Crippen LogP contribution in [-0.4, -0.2) is 43.9 Å². The van der Waals surface area contributed by atoms with Gasteiger partial charge in [-0.25, -0.2) is 4.79 Å². The zero-order valence-corrected chi connectivity index (χ0v) is 8.50. The van der Waals surface area contributed by atoms with E-state index in [4.69, 9.17) is 9.47 Å². The molecule has 0 fully saturated rings. The van der Waals surface area contributed by atoms with E-state index in [1.165, 1.54) is 0 Å². The normalized spacial score (nSPS) is 8.94. The summed E-state index contributed by atoms with van der Waals surface area (Å²) in [4.78, 5) is 11.3. The van der Waals surface area contributed by atoms with Gasteiger partial charge in [0.1, 0.15) is 11.5 Å². The number of rotatable bonds is 2. The fraction of sp³-hybridized carbons (Fsp3) is 0. The summed E-state index contributed by atoms with van der Waals surface area (Å²) in [6.45, 7) is 0. The topological polar surface area (TPSA) is 35.5 Å². The molecule has 0 aliphatic carbocycles. The van der Waals surface area contributed by atoms with E-state index in [9.17, 15) is 4.79 Å². The van der Waals surface area contributed by atoms with Crippen molar-refractivity contribution in [2.75, 3.05) is 0 Å². The molecule has 0 unspecified atom stereocenters. The summed E-state index contributed by atoms with van der Waals surface area (Å²) in [5.74, 6) is 0.923. The molecule has 2 rings (SSSR count). The van der Waals surface area contributed by atoms with E-state index in [2.05, 4.69) is 0 Å². The van der Waals surface area contributed by atoms with Crippen molar-refractivity contribution in [1.29, 1.82) is 0 Å². The first-order valence-electron chi connectivity index (χ1n) is 4.84. The number of carbonyl (C=O) groups excluding carboxylic acids is 1. The Bertz CT molecular complexity index is 413. The van der Waals surface area contributed by atoms with E-state index in [1.807, 2.05) is 12.1 Å². The molecule has 0 spiro atoms. The van der Waals surface area contributed by atoms with E-state index >= 15 is 0 Å². The van der Waals surface area contributed by atoms with Gasteiger partial charge in [0, 0.05) is 0 Å². The summed E-state index contributed by atoms with van der Waals surface area (Å²) in [6, 6.07) is 17.6. The number of para-hydroxylation sites is 2. The minimum atomic E-state index is -0.739. The molecule has 0 radical (unpaired) electrons. The summed E-state index contributed by atoms with van der Waals surface area (Å²) >= 11 is 0. The standard InChI is InChI=1S/C13H10O3.Ca.2H/c14-13(15-11-7-3-1-4-8-11)16-12-9-5-2-6-10-12;;;/h1-10H;;;. The van der Waals surface area contributed by atoms with E-state index < -0.39 is 6.16 Å². The molecule has 0 N–H and O–H groups in total. The maximum atomic E-state index is 11.3. The van der Waals surface area contributed by atoms with Crippen LogP contribution in [0, 0.1) is 0 Å². The van der Waals surface area contributed by atoms with Crippen LogP contribution in [0.4, 0.5) is 4.79 Å². The number of hydrogen-bond acceptors (Lipinski definition) is 3. The van der Waals surface area contributed by atoms with Crippen LogP contribution in [0.1, 0.15) is 0 Å². The SMILES string of the molecule is O=C(Oc1ccccc1)Oc1ccccc1.[CaH2]. The molecular weight excluding hydrogens is 244 g/mol. The predicted molar refractivity (Wildman–Crippen MR) is 68.1 cm³/mol. The summed E-state index contributed by atoms with van der Waals surface area (Å²) < 4.78 is 9.91. The Morgan fingerprint density at radius 3 is 1.41 bits per heavy atom. The molecule has 0 heterocycles. The first-order chi connectivity index (χ1) is 7.84. The van der Waals surface area contributed by atoms with Crippen LogP contribution < -0.4 is 9.47 Å². The fourth-order valence-electron chi connectivity index (χ4n) is 1.19. The molecule has 17 heavy (non-hydrogen) atoms. The van der Waals surface area contributed by atoms with Gasteiger partial charge in [0.15, 0.2) is 0 Å². The minimum absolute atomic E-state index is 0. The predicted octanol–water partition coefficient (Wildman–Crippen LogP) is 2.35. The molecule has 0 aliphatic heterocycles. The molecule has 3 nitrogen and oxygen atoms in total. The average molecular weight is 256 g/mol. The van der Waals surface area contributed by atoms with Crippen molar-refractivity contribution in [3.8, 4) is 11.5 Å². The van der Waals surface area contributed by atoms with E-state index in [0.29, 0.717) is 11.5 Å². The van der Waals surface area contributed by atoms with Crippen molar-refractivity contribution >= 4 is 43.9 Å². The molecule has 0 bridgehead atoms. The third kappa shape index (κ3) is 4.77. The van der Waals surface area contributed by atoms with Crippen LogP contribution in [0.3, 0.4) is 0 Å². The fourth-order valence-corrected chi connectivity index (χ4v) is 1.19. The molecule has 0 saturated heterocycles. The summed E-state index contributed by atoms with van der Waals surface area (Å²) in [6.07, 6.45) is -0.739. The van der Waals surface area contributed by atoms with Crippen LogP contribution in [0.25, 0.3) is 0 Å². The van der Waals surface area contributed by atoms with Crippen molar-refractivity contribution in [3.05, 3.63) is 60.7 Å². The molecule has 4 heteroatoms. The number of hydrogen-bond donors (Lipinski definition) is 0. The van der Waals surface area contributed by atoms with Gasteiger partial charge < -0.3 is 9.47 Å². The van der Waals surface area contributed by atoms with Crippen LogP contribution in [0.2, 0.25) is 0 Å². The van der Waals surface area contributed by atoms with Gasteiger partial charge in [-0.3, -0.25) is 0 Å². The summed E-state index contributed by atoms with van der Waals surface area (Å²) in [5.41, 5.74) is 0. The third-order valence-electron chi connectivity index (χ3n) is 1.89. The van der Waals surface area contributed by atoms with Crippen LogP contribution in [0.5, 0.6) is 11.5 Å². The van der Waals surface area contributed by atoms with Crippen LogP contribution >= 0.6 is 0 Å².